The first-order chi connectivity index (χ1) is 11.6. The molecule has 1 saturated heterocycles. The summed E-state index contributed by atoms with van der Waals surface area (Å²) in [5, 5.41) is 2.81. The van der Waals surface area contributed by atoms with Crippen molar-refractivity contribution < 1.29 is 23.5 Å². The summed E-state index contributed by atoms with van der Waals surface area (Å²) >= 11 is 0. The van der Waals surface area contributed by atoms with Gasteiger partial charge in [-0.15, -0.1) is 0 Å². The maximum atomic E-state index is 12.3. The Hall–Kier alpha value is -2.96. The topological polar surface area (TPSA) is 81.0 Å². The van der Waals surface area contributed by atoms with Gasteiger partial charge in [0.1, 0.15) is 0 Å². The van der Waals surface area contributed by atoms with Gasteiger partial charge in [-0.05, 0) is 24.3 Å². The molecule has 1 aromatic heterocycles. The van der Waals surface area contributed by atoms with Gasteiger partial charge in [0.2, 0.25) is 5.91 Å². The van der Waals surface area contributed by atoms with Crippen LogP contribution in [0.2, 0.25) is 0 Å². The maximum absolute atomic E-state index is 12.3. The summed E-state index contributed by atoms with van der Waals surface area (Å²) < 4.78 is 15.5. The first-order valence-corrected chi connectivity index (χ1v) is 7.49. The van der Waals surface area contributed by atoms with Crippen LogP contribution in [0.3, 0.4) is 0 Å². The van der Waals surface area contributed by atoms with Gasteiger partial charge in [-0.1, -0.05) is 0 Å². The fraction of sp³-hybridized carbons (Fsp3) is 0.294. The standard InChI is InChI=1S/C17H18N2O5/c1-22-13-6-5-12(9-15(13)23-2)19-10-11(8-16(19)20)18-17(21)14-4-3-7-24-14/h3-7,9,11H,8,10H2,1-2H3,(H,18,21)/t11-/m0/s1. The minimum absolute atomic E-state index is 0.0630. The highest BCUT2D eigenvalue weighted by Crippen LogP contribution is 2.33. The Morgan fingerprint density at radius 3 is 2.71 bits per heavy atom. The number of hydrogen-bond donors (Lipinski definition) is 1. The maximum Gasteiger partial charge on any atom is 0.287 e. The van der Waals surface area contributed by atoms with Crippen LogP contribution in [0.25, 0.3) is 0 Å². The van der Waals surface area contributed by atoms with E-state index < -0.39 is 0 Å². The highest BCUT2D eigenvalue weighted by molar-refractivity contribution is 5.98. The molecule has 1 aliphatic heterocycles. The van der Waals surface area contributed by atoms with Gasteiger partial charge < -0.3 is 24.1 Å². The zero-order valence-corrected chi connectivity index (χ0v) is 13.4. The number of nitrogens with zero attached hydrogens (tertiary/aromatic N) is 1. The molecule has 1 aromatic carbocycles. The summed E-state index contributed by atoms with van der Waals surface area (Å²) in [6.07, 6.45) is 1.67. The van der Waals surface area contributed by atoms with Crippen LogP contribution in [0, 0.1) is 0 Å². The number of amides is 2. The Bertz CT molecular complexity index is 741. The van der Waals surface area contributed by atoms with Crippen LogP contribution in [0.4, 0.5) is 5.69 Å². The van der Waals surface area contributed by atoms with E-state index in [1.807, 2.05) is 0 Å². The number of methoxy groups -OCH3 is 2. The molecular weight excluding hydrogens is 312 g/mol. The molecule has 1 N–H and O–H groups in total. The molecule has 1 aliphatic rings. The second-order valence-corrected chi connectivity index (χ2v) is 5.40. The van der Waals surface area contributed by atoms with Gasteiger partial charge in [0.25, 0.3) is 5.91 Å². The van der Waals surface area contributed by atoms with Crippen molar-refractivity contribution in [3.8, 4) is 11.5 Å². The highest BCUT2D eigenvalue weighted by atomic mass is 16.5. The van der Waals surface area contributed by atoms with E-state index in [2.05, 4.69) is 5.32 Å². The first-order valence-electron chi connectivity index (χ1n) is 7.49. The van der Waals surface area contributed by atoms with Gasteiger partial charge in [-0.2, -0.15) is 0 Å². The lowest BCUT2D eigenvalue weighted by atomic mass is 10.2. The molecule has 0 bridgehead atoms. The number of benzene rings is 1. The van der Waals surface area contributed by atoms with E-state index >= 15 is 0 Å². The number of anilines is 1. The fourth-order valence-electron chi connectivity index (χ4n) is 2.71. The van der Waals surface area contributed by atoms with Gasteiger partial charge in [-0.25, -0.2) is 0 Å². The Labute approximate surface area is 139 Å². The van der Waals surface area contributed by atoms with Gasteiger partial charge in [0.05, 0.1) is 26.5 Å². The monoisotopic (exact) mass is 330 g/mol. The van der Waals surface area contributed by atoms with Crippen molar-refractivity contribution in [2.45, 2.75) is 12.5 Å². The zero-order chi connectivity index (χ0) is 17.1. The Morgan fingerprint density at radius 1 is 1.25 bits per heavy atom. The number of ether oxygens (including phenoxy) is 2. The molecule has 7 nitrogen and oxygen atoms in total. The summed E-state index contributed by atoms with van der Waals surface area (Å²) in [6, 6.07) is 8.23. The molecule has 2 amide bonds. The fourth-order valence-corrected chi connectivity index (χ4v) is 2.71. The van der Waals surface area contributed by atoms with Gasteiger partial charge in [-0.3, -0.25) is 9.59 Å². The number of furan rings is 1. The van der Waals surface area contributed by atoms with Crippen LogP contribution >= 0.6 is 0 Å². The van der Waals surface area contributed by atoms with Gasteiger partial charge >= 0.3 is 0 Å². The SMILES string of the molecule is COc1ccc(N2C[C@@H](NC(=O)c3ccco3)CC2=O)cc1OC. The molecule has 24 heavy (non-hydrogen) atoms. The molecule has 2 heterocycles. The summed E-state index contributed by atoms with van der Waals surface area (Å²) in [7, 11) is 3.10. The zero-order valence-electron chi connectivity index (χ0n) is 13.4. The smallest absolute Gasteiger partial charge is 0.287 e. The summed E-state index contributed by atoms with van der Waals surface area (Å²) in [4.78, 5) is 25.9. The first kappa shape index (κ1) is 15.9. The van der Waals surface area contributed by atoms with E-state index in [1.54, 1.807) is 49.5 Å². The van der Waals surface area contributed by atoms with Crippen LogP contribution in [-0.2, 0) is 4.79 Å². The van der Waals surface area contributed by atoms with Crippen LogP contribution in [0.5, 0.6) is 11.5 Å². The molecule has 2 aromatic rings. The lowest BCUT2D eigenvalue weighted by Crippen LogP contribution is -2.37. The summed E-state index contributed by atoms with van der Waals surface area (Å²) in [5.74, 6) is 0.979. The van der Waals surface area contributed by atoms with Crippen molar-refractivity contribution in [1.82, 2.24) is 5.32 Å². The van der Waals surface area contributed by atoms with E-state index in [4.69, 9.17) is 13.9 Å². The minimum atomic E-state index is -0.327. The van der Waals surface area contributed by atoms with Gasteiger partial charge in [0, 0.05) is 24.7 Å². The molecule has 7 heteroatoms. The number of carbonyl (C=O) groups is 2. The second-order valence-electron chi connectivity index (χ2n) is 5.40. The average Bonchev–Trinajstić information content (AvgIpc) is 3.24. The number of hydrogen-bond acceptors (Lipinski definition) is 5. The number of rotatable bonds is 5. The number of carbonyl (C=O) groups excluding carboxylic acids is 2. The minimum Gasteiger partial charge on any atom is -0.493 e. The predicted octanol–water partition coefficient (Wildman–Crippen LogP) is 1.83. The normalized spacial score (nSPS) is 17.0. The molecule has 1 atom stereocenters. The largest absolute Gasteiger partial charge is 0.493 e. The van der Waals surface area contributed by atoms with Crippen molar-refractivity contribution in [3.05, 3.63) is 42.4 Å². The Balaban J connectivity index is 1.72. The average molecular weight is 330 g/mol. The van der Waals surface area contributed by atoms with Crippen molar-refractivity contribution in [3.63, 3.8) is 0 Å². The van der Waals surface area contributed by atoms with Crippen molar-refractivity contribution in [2.75, 3.05) is 25.7 Å². The van der Waals surface area contributed by atoms with Crippen LogP contribution in [0.1, 0.15) is 17.0 Å². The molecule has 0 radical (unpaired) electrons. The lowest BCUT2D eigenvalue weighted by Gasteiger charge is -2.18. The molecule has 0 unspecified atom stereocenters. The molecule has 3 rings (SSSR count). The quantitative estimate of drug-likeness (QED) is 0.904. The van der Waals surface area contributed by atoms with E-state index in [1.165, 1.54) is 6.26 Å². The molecule has 126 valence electrons. The third kappa shape index (κ3) is 3.05. The van der Waals surface area contributed by atoms with Crippen molar-refractivity contribution >= 4 is 17.5 Å². The Kier molecular flexibility index (Phi) is 4.41. The molecule has 0 saturated carbocycles. The summed E-state index contributed by atoms with van der Waals surface area (Å²) in [5.41, 5.74) is 0.701. The van der Waals surface area contributed by atoms with E-state index in [9.17, 15) is 9.59 Å². The Morgan fingerprint density at radius 2 is 2.04 bits per heavy atom. The van der Waals surface area contributed by atoms with E-state index in [-0.39, 0.29) is 30.0 Å². The second kappa shape index (κ2) is 6.66. The molecule has 0 aliphatic carbocycles. The molecule has 1 fully saturated rings. The van der Waals surface area contributed by atoms with Crippen LogP contribution in [0.15, 0.2) is 41.0 Å². The van der Waals surface area contributed by atoms with Crippen LogP contribution < -0.4 is 19.7 Å². The number of nitrogens with one attached hydrogen (secondary N) is 1. The van der Waals surface area contributed by atoms with E-state index in [0.717, 1.165) is 0 Å². The third-order valence-electron chi connectivity index (χ3n) is 3.88. The molecular formula is C17H18N2O5. The predicted molar refractivity (Wildman–Crippen MR) is 86.5 cm³/mol. The lowest BCUT2D eigenvalue weighted by molar-refractivity contribution is -0.117. The van der Waals surface area contributed by atoms with Gasteiger partial charge in [0.15, 0.2) is 17.3 Å². The van der Waals surface area contributed by atoms with Crippen LogP contribution in [-0.4, -0.2) is 38.6 Å². The van der Waals surface area contributed by atoms with Crippen molar-refractivity contribution in [1.29, 1.82) is 0 Å². The van der Waals surface area contributed by atoms with Crippen molar-refractivity contribution in [2.24, 2.45) is 0 Å². The third-order valence-corrected chi connectivity index (χ3v) is 3.88. The summed E-state index contributed by atoms with van der Waals surface area (Å²) in [6.45, 7) is 0.390. The van der Waals surface area contributed by atoms with E-state index in [0.29, 0.717) is 23.7 Å². The highest BCUT2D eigenvalue weighted by Gasteiger charge is 2.32. The molecule has 0 spiro atoms.